The predicted octanol–water partition coefficient (Wildman–Crippen LogP) is 1.66. The van der Waals surface area contributed by atoms with Crippen LogP contribution in [0.25, 0.3) is 0 Å². The monoisotopic (exact) mass is 255 g/mol. The lowest BCUT2D eigenvalue weighted by atomic mass is 10.0. The van der Waals surface area contributed by atoms with Gasteiger partial charge in [0.05, 0.1) is 5.54 Å². The van der Waals surface area contributed by atoms with Crippen molar-refractivity contribution < 1.29 is 4.79 Å². The number of hydrogen-bond acceptors (Lipinski definition) is 4. The molecule has 0 radical (unpaired) electrons. The maximum absolute atomic E-state index is 12.0. The number of aromatic nitrogens is 1. The van der Waals surface area contributed by atoms with Crippen molar-refractivity contribution in [2.24, 2.45) is 5.92 Å². The fourth-order valence-corrected chi connectivity index (χ4v) is 2.35. The zero-order chi connectivity index (χ0) is 13.1. The Bertz CT molecular complexity index is 387. The minimum atomic E-state index is -0.405. The minimum absolute atomic E-state index is 0.0414. The minimum Gasteiger partial charge on any atom is -0.344 e. The number of carbonyl (C=O) groups is 1. The van der Waals surface area contributed by atoms with Gasteiger partial charge in [0.25, 0.3) is 0 Å². The lowest BCUT2D eigenvalue weighted by molar-refractivity contribution is -0.126. The molecule has 0 saturated carbocycles. The Kier molecular flexibility index (Phi) is 4.65. The number of nitrogens with one attached hydrogen (secondary N) is 2. The van der Waals surface area contributed by atoms with Crippen LogP contribution >= 0.6 is 11.3 Å². The van der Waals surface area contributed by atoms with Gasteiger partial charge in [-0.1, -0.05) is 6.92 Å². The van der Waals surface area contributed by atoms with Crippen molar-refractivity contribution in [2.75, 3.05) is 13.6 Å². The molecule has 0 fully saturated rings. The van der Waals surface area contributed by atoms with Crippen LogP contribution in [0.2, 0.25) is 0 Å². The number of hydrogen-bond donors (Lipinski definition) is 2. The normalized spacial score (nSPS) is 13.5. The van der Waals surface area contributed by atoms with Crippen LogP contribution in [0.5, 0.6) is 0 Å². The summed E-state index contributed by atoms with van der Waals surface area (Å²) in [6.07, 6.45) is 1.84. The number of amides is 1. The summed E-state index contributed by atoms with van der Waals surface area (Å²) >= 11 is 1.62. The molecule has 0 aliphatic rings. The van der Waals surface area contributed by atoms with Gasteiger partial charge in [0.1, 0.15) is 5.01 Å². The zero-order valence-electron chi connectivity index (χ0n) is 11.1. The summed E-state index contributed by atoms with van der Waals surface area (Å²) in [7, 11) is 1.85. The molecular formula is C12H21N3OS. The number of rotatable bonds is 5. The van der Waals surface area contributed by atoms with Crippen molar-refractivity contribution in [3.05, 3.63) is 16.1 Å². The molecule has 2 N–H and O–H groups in total. The number of aryl methyl sites for hydroxylation is 1. The van der Waals surface area contributed by atoms with Crippen LogP contribution in [0.3, 0.4) is 0 Å². The van der Waals surface area contributed by atoms with Gasteiger partial charge in [-0.25, -0.2) is 4.98 Å². The van der Waals surface area contributed by atoms with Gasteiger partial charge in [-0.3, -0.25) is 4.79 Å². The summed E-state index contributed by atoms with van der Waals surface area (Å²) in [6.45, 7) is 8.57. The first-order valence-corrected chi connectivity index (χ1v) is 6.58. The van der Waals surface area contributed by atoms with E-state index in [0.717, 1.165) is 9.88 Å². The Labute approximate surface area is 107 Å². The summed E-state index contributed by atoms with van der Waals surface area (Å²) in [5.74, 6) is 0.0116. The third-order valence-electron chi connectivity index (χ3n) is 2.55. The first-order valence-electron chi connectivity index (χ1n) is 5.76. The van der Waals surface area contributed by atoms with E-state index in [0.29, 0.717) is 6.54 Å². The van der Waals surface area contributed by atoms with Crippen LogP contribution in [-0.4, -0.2) is 24.5 Å². The average molecular weight is 255 g/mol. The van der Waals surface area contributed by atoms with E-state index in [4.69, 9.17) is 0 Å². The van der Waals surface area contributed by atoms with Crippen molar-refractivity contribution in [2.45, 2.75) is 33.2 Å². The highest BCUT2D eigenvalue weighted by Crippen LogP contribution is 2.24. The summed E-state index contributed by atoms with van der Waals surface area (Å²) < 4.78 is 0. The maximum Gasteiger partial charge on any atom is 0.224 e. The van der Waals surface area contributed by atoms with Gasteiger partial charge in [0, 0.05) is 23.5 Å². The number of nitrogens with zero attached hydrogens (tertiary/aromatic N) is 1. The molecule has 1 unspecified atom stereocenters. The van der Waals surface area contributed by atoms with E-state index in [9.17, 15) is 4.79 Å². The molecule has 1 aromatic rings. The van der Waals surface area contributed by atoms with Crippen molar-refractivity contribution >= 4 is 17.2 Å². The molecule has 0 aliphatic heterocycles. The molecule has 1 amide bonds. The second-order valence-corrected chi connectivity index (χ2v) is 6.08. The van der Waals surface area contributed by atoms with Crippen LogP contribution in [0.4, 0.5) is 0 Å². The summed E-state index contributed by atoms with van der Waals surface area (Å²) in [5.41, 5.74) is -0.405. The Balaban J connectivity index is 2.69. The fraction of sp³-hybridized carbons (Fsp3) is 0.667. The Morgan fingerprint density at radius 1 is 1.59 bits per heavy atom. The SMILES string of the molecule is CNCC(C)C(=O)NC(C)(C)c1ncc(C)s1. The first-order chi connectivity index (χ1) is 7.86. The molecule has 1 heterocycles. The number of carbonyl (C=O) groups excluding carboxylic acids is 1. The van der Waals surface area contributed by atoms with Crippen molar-refractivity contribution in [1.29, 1.82) is 0 Å². The van der Waals surface area contributed by atoms with Crippen molar-refractivity contribution in [1.82, 2.24) is 15.6 Å². The highest BCUT2D eigenvalue weighted by molar-refractivity contribution is 7.11. The molecule has 0 bridgehead atoms. The quantitative estimate of drug-likeness (QED) is 0.841. The molecular weight excluding hydrogens is 234 g/mol. The highest BCUT2D eigenvalue weighted by Gasteiger charge is 2.27. The van der Waals surface area contributed by atoms with Gasteiger partial charge in [-0.2, -0.15) is 0 Å². The molecule has 0 spiro atoms. The molecule has 1 rings (SSSR count). The third-order valence-corrected chi connectivity index (χ3v) is 3.79. The van der Waals surface area contributed by atoms with E-state index < -0.39 is 5.54 Å². The van der Waals surface area contributed by atoms with Gasteiger partial charge >= 0.3 is 0 Å². The first kappa shape index (κ1) is 14.1. The van der Waals surface area contributed by atoms with E-state index in [1.807, 2.05) is 40.9 Å². The van der Waals surface area contributed by atoms with E-state index >= 15 is 0 Å². The maximum atomic E-state index is 12.0. The van der Waals surface area contributed by atoms with Gasteiger partial charge in [-0.15, -0.1) is 11.3 Å². The van der Waals surface area contributed by atoms with E-state index in [1.165, 1.54) is 0 Å². The smallest absolute Gasteiger partial charge is 0.224 e. The topological polar surface area (TPSA) is 54.0 Å². The van der Waals surface area contributed by atoms with Crippen molar-refractivity contribution in [3.63, 3.8) is 0 Å². The van der Waals surface area contributed by atoms with Crippen LogP contribution < -0.4 is 10.6 Å². The Hall–Kier alpha value is -0.940. The lowest BCUT2D eigenvalue weighted by Gasteiger charge is -2.25. The standard InChI is InChI=1S/C12H21N3OS/c1-8(6-13-5)10(16)15-12(3,4)11-14-7-9(2)17-11/h7-8,13H,6H2,1-5H3,(H,15,16). The van der Waals surface area contributed by atoms with Crippen LogP contribution in [0.15, 0.2) is 6.20 Å². The molecule has 96 valence electrons. The molecule has 5 heteroatoms. The summed E-state index contributed by atoms with van der Waals surface area (Å²) in [6, 6.07) is 0. The average Bonchev–Trinajstić information content (AvgIpc) is 2.65. The van der Waals surface area contributed by atoms with E-state index in [-0.39, 0.29) is 11.8 Å². The third kappa shape index (κ3) is 3.78. The van der Waals surface area contributed by atoms with Gasteiger partial charge in [0.15, 0.2) is 0 Å². The van der Waals surface area contributed by atoms with Gasteiger partial charge < -0.3 is 10.6 Å². The second kappa shape index (κ2) is 5.60. The molecule has 1 atom stereocenters. The Morgan fingerprint density at radius 2 is 2.24 bits per heavy atom. The van der Waals surface area contributed by atoms with E-state index in [1.54, 1.807) is 11.3 Å². The molecule has 1 aromatic heterocycles. The summed E-state index contributed by atoms with van der Waals surface area (Å²) in [5, 5.41) is 6.99. The van der Waals surface area contributed by atoms with E-state index in [2.05, 4.69) is 15.6 Å². The second-order valence-electron chi connectivity index (χ2n) is 4.85. The molecule has 0 saturated heterocycles. The fourth-order valence-electron chi connectivity index (χ4n) is 1.53. The molecule has 4 nitrogen and oxygen atoms in total. The lowest BCUT2D eigenvalue weighted by Crippen LogP contribution is -2.45. The van der Waals surface area contributed by atoms with Crippen LogP contribution in [-0.2, 0) is 10.3 Å². The predicted molar refractivity (Wildman–Crippen MR) is 71.1 cm³/mol. The van der Waals surface area contributed by atoms with Gasteiger partial charge in [-0.05, 0) is 27.8 Å². The molecule has 0 aliphatic carbocycles. The van der Waals surface area contributed by atoms with Gasteiger partial charge in [0.2, 0.25) is 5.91 Å². The highest BCUT2D eigenvalue weighted by atomic mass is 32.1. The van der Waals surface area contributed by atoms with Crippen molar-refractivity contribution in [3.8, 4) is 0 Å². The number of thiazole rings is 1. The Morgan fingerprint density at radius 3 is 2.71 bits per heavy atom. The molecule has 17 heavy (non-hydrogen) atoms. The largest absolute Gasteiger partial charge is 0.344 e. The van der Waals surface area contributed by atoms with Crippen LogP contribution in [0.1, 0.15) is 30.7 Å². The zero-order valence-corrected chi connectivity index (χ0v) is 11.9. The van der Waals surface area contributed by atoms with Crippen LogP contribution in [0, 0.1) is 12.8 Å². The molecule has 0 aromatic carbocycles. The summed E-state index contributed by atoms with van der Waals surface area (Å²) in [4.78, 5) is 17.4.